The van der Waals surface area contributed by atoms with Gasteiger partial charge in [0, 0.05) is 29.0 Å². The van der Waals surface area contributed by atoms with Gasteiger partial charge in [-0.2, -0.15) is 5.26 Å². The number of carbonyl (C=O) groups is 2. The van der Waals surface area contributed by atoms with Gasteiger partial charge < -0.3 is 20.3 Å². The number of amides is 2. The van der Waals surface area contributed by atoms with Gasteiger partial charge in [-0.05, 0) is 36.4 Å². The summed E-state index contributed by atoms with van der Waals surface area (Å²) in [7, 11) is 0. The van der Waals surface area contributed by atoms with Gasteiger partial charge in [0.2, 0.25) is 5.95 Å². The molecule has 2 amide bonds. The first-order chi connectivity index (χ1) is 16.0. The number of nitrogens with one attached hydrogen (secondary N) is 2. The Balaban J connectivity index is 1.49. The Hall–Kier alpha value is -4.00. The van der Waals surface area contributed by atoms with Crippen LogP contribution in [-0.4, -0.2) is 48.1 Å². The maximum atomic E-state index is 12.0. The van der Waals surface area contributed by atoms with E-state index in [2.05, 4.69) is 20.6 Å². The number of nitriles is 1. The van der Waals surface area contributed by atoms with Gasteiger partial charge >= 0.3 is 0 Å². The lowest BCUT2D eigenvalue weighted by Crippen LogP contribution is -2.41. The van der Waals surface area contributed by atoms with Crippen LogP contribution < -0.4 is 15.5 Å². The van der Waals surface area contributed by atoms with Crippen LogP contribution in [0.1, 0.15) is 10.4 Å². The van der Waals surface area contributed by atoms with Crippen LogP contribution >= 0.6 is 11.6 Å². The molecule has 1 saturated heterocycles. The second-order valence-electron chi connectivity index (χ2n) is 7.08. The van der Waals surface area contributed by atoms with Gasteiger partial charge in [-0.1, -0.05) is 23.7 Å². The Morgan fingerprint density at radius 2 is 1.94 bits per heavy atom. The van der Waals surface area contributed by atoms with Gasteiger partial charge in [0.05, 0.1) is 29.6 Å². The van der Waals surface area contributed by atoms with Gasteiger partial charge in [-0.3, -0.25) is 9.59 Å². The zero-order valence-corrected chi connectivity index (χ0v) is 18.2. The van der Waals surface area contributed by atoms with Crippen molar-refractivity contribution in [2.75, 3.05) is 36.5 Å². The minimum Gasteiger partial charge on any atom is -0.370 e. The van der Waals surface area contributed by atoms with E-state index in [9.17, 15) is 9.59 Å². The Bertz CT molecular complexity index is 1210. The molecule has 9 nitrogen and oxygen atoms in total. The number of aromatic nitrogens is 2. The normalized spacial score (nSPS) is 13.3. The average Bonchev–Trinajstić information content (AvgIpc) is 2.85. The largest absolute Gasteiger partial charge is 0.370 e. The molecular formula is C23H19ClN6O3. The van der Waals surface area contributed by atoms with Gasteiger partial charge in [-0.25, -0.2) is 9.97 Å². The Labute approximate surface area is 195 Å². The number of benzene rings is 2. The lowest BCUT2D eigenvalue weighted by atomic mass is 10.1. The summed E-state index contributed by atoms with van der Waals surface area (Å²) in [6.45, 7) is 1.07. The van der Waals surface area contributed by atoms with Crippen molar-refractivity contribution < 1.29 is 14.3 Å². The lowest BCUT2D eigenvalue weighted by Gasteiger charge is -2.26. The van der Waals surface area contributed by atoms with Crippen molar-refractivity contribution in [3.63, 3.8) is 0 Å². The maximum Gasteiger partial charge on any atom is 0.253 e. The quantitative estimate of drug-likeness (QED) is 0.540. The molecule has 1 aliphatic rings. The molecule has 3 aromatic rings. The topological polar surface area (TPSA) is 120 Å². The molecule has 1 aliphatic heterocycles. The monoisotopic (exact) mass is 462 g/mol. The molecule has 2 heterocycles. The molecule has 2 N–H and O–H groups in total. The minimum absolute atomic E-state index is 0.0584. The van der Waals surface area contributed by atoms with Gasteiger partial charge in [0.1, 0.15) is 13.2 Å². The van der Waals surface area contributed by atoms with E-state index in [0.29, 0.717) is 40.9 Å². The van der Waals surface area contributed by atoms with E-state index in [1.807, 2.05) is 30.3 Å². The standard InChI is InChI=1S/C23H19ClN6O3/c24-19-13-27-23(28-17-5-7-18(8-6-17)30-11-12-33-14-20(30)31)29-21(19)15-1-3-16(4-2-15)22(32)26-10-9-25/h1-8,13H,10-12,14H2,(H,26,32)(H,27,28,29). The number of morpholine rings is 1. The Morgan fingerprint density at radius 1 is 1.18 bits per heavy atom. The third-order valence-electron chi connectivity index (χ3n) is 4.91. The summed E-state index contributed by atoms with van der Waals surface area (Å²) >= 11 is 6.31. The highest BCUT2D eigenvalue weighted by atomic mass is 35.5. The molecule has 4 rings (SSSR count). The van der Waals surface area contributed by atoms with E-state index in [-0.39, 0.29) is 25.0 Å². The molecule has 10 heteroatoms. The van der Waals surface area contributed by atoms with E-state index >= 15 is 0 Å². The second-order valence-corrected chi connectivity index (χ2v) is 7.49. The molecule has 33 heavy (non-hydrogen) atoms. The first kappa shape index (κ1) is 22.2. The van der Waals surface area contributed by atoms with Crippen molar-refractivity contribution in [1.29, 1.82) is 5.26 Å². The van der Waals surface area contributed by atoms with Crippen molar-refractivity contribution >= 4 is 40.7 Å². The van der Waals surface area contributed by atoms with Crippen LogP contribution in [0.15, 0.2) is 54.7 Å². The first-order valence-electron chi connectivity index (χ1n) is 10.1. The van der Waals surface area contributed by atoms with Crippen LogP contribution in [0.4, 0.5) is 17.3 Å². The molecule has 0 unspecified atom stereocenters. The van der Waals surface area contributed by atoms with Crippen LogP contribution in [0.5, 0.6) is 0 Å². The molecule has 0 spiro atoms. The van der Waals surface area contributed by atoms with Crippen molar-refractivity contribution in [2.24, 2.45) is 0 Å². The number of hydrogen-bond donors (Lipinski definition) is 2. The number of halogens is 1. The Morgan fingerprint density at radius 3 is 2.64 bits per heavy atom. The zero-order valence-electron chi connectivity index (χ0n) is 17.4. The van der Waals surface area contributed by atoms with E-state index < -0.39 is 0 Å². The fourth-order valence-electron chi connectivity index (χ4n) is 3.28. The zero-order chi connectivity index (χ0) is 23.2. The van der Waals surface area contributed by atoms with Crippen molar-refractivity contribution in [3.05, 3.63) is 65.3 Å². The number of rotatable bonds is 6. The lowest BCUT2D eigenvalue weighted by molar-refractivity contribution is -0.125. The maximum absolute atomic E-state index is 12.0. The van der Waals surface area contributed by atoms with Crippen LogP contribution in [0.3, 0.4) is 0 Å². The SMILES string of the molecule is N#CCNC(=O)c1ccc(-c2nc(Nc3ccc(N4CCOCC4=O)cc3)ncc2Cl)cc1. The molecular weight excluding hydrogens is 444 g/mol. The van der Waals surface area contributed by atoms with E-state index in [4.69, 9.17) is 21.6 Å². The summed E-state index contributed by atoms with van der Waals surface area (Å²) < 4.78 is 5.16. The summed E-state index contributed by atoms with van der Waals surface area (Å²) in [6.07, 6.45) is 1.50. The van der Waals surface area contributed by atoms with Gasteiger partial charge in [-0.15, -0.1) is 0 Å². The van der Waals surface area contributed by atoms with Crippen molar-refractivity contribution in [3.8, 4) is 17.3 Å². The van der Waals surface area contributed by atoms with Crippen molar-refractivity contribution in [1.82, 2.24) is 15.3 Å². The molecule has 166 valence electrons. The number of anilines is 3. The van der Waals surface area contributed by atoms with Crippen LogP contribution in [0.2, 0.25) is 5.02 Å². The van der Waals surface area contributed by atoms with Gasteiger partial charge in [0.25, 0.3) is 11.8 Å². The molecule has 1 aromatic heterocycles. The predicted molar refractivity (Wildman–Crippen MR) is 123 cm³/mol. The molecule has 0 aliphatic carbocycles. The second kappa shape index (κ2) is 10.1. The molecule has 0 radical (unpaired) electrons. The number of carbonyl (C=O) groups excluding carboxylic acids is 2. The molecule has 2 aromatic carbocycles. The minimum atomic E-state index is -0.332. The summed E-state index contributed by atoms with van der Waals surface area (Å²) in [4.78, 5) is 34.4. The smallest absolute Gasteiger partial charge is 0.253 e. The van der Waals surface area contributed by atoms with E-state index in [1.165, 1.54) is 6.20 Å². The highest BCUT2D eigenvalue weighted by molar-refractivity contribution is 6.32. The molecule has 0 atom stereocenters. The van der Waals surface area contributed by atoms with E-state index in [1.54, 1.807) is 29.2 Å². The van der Waals surface area contributed by atoms with Gasteiger partial charge in [0.15, 0.2) is 0 Å². The van der Waals surface area contributed by atoms with Crippen molar-refractivity contribution in [2.45, 2.75) is 0 Å². The summed E-state index contributed by atoms with van der Waals surface area (Å²) in [5.41, 5.74) is 3.19. The van der Waals surface area contributed by atoms with E-state index in [0.717, 1.165) is 11.4 Å². The van der Waals surface area contributed by atoms with Crippen LogP contribution in [-0.2, 0) is 9.53 Å². The molecule has 0 saturated carbocycles. The number of ether oxygens (including phenoxy) is 1. The molecule has 0 bridgehead atoms. The third-order valence-corrected chi connectivity index (χ3v) is 5.19. The van der Waals surface area contributed by atoms with Crippen LogP contribution in [0.25, 0.3) is 11.3 Å². The molecule has 1 fully saturated rings. The summed E-state index contributed by atoms with van der Waals surface area (Å²) in [5, 5.41) is 14.6. The number of hydrogen-bond acceptors (Lipinski definition) is 7. The Kier molecular flexibility index (Phi) is 6.78. The fraction of sp³-hybridized carbons (Fsp3) is 0.174. The first-order valence-corrected chi connectivity index (χ1v) is 10.5. The number of nitrogens with zero attached hydrogens (tertiary/aromatic N) is 4. The van der Waals surface area contributed by atoms with Crippen LogP contribution in [0, 0.1) is 11.3 Å². The predicted octanol–water partition coefficient (Wildman–Crippen LogP) is 3.16. The average molecular weight is 463 g/mol. The highest BCUT2D eigenvalue weighted by Crippen LogP contribution is 2.28. The fourth-order valence-corrected chi connectivity index (χ4v) is 3.48. The summed E-state index contributed by atoms with van der Waals surface area (Å²) in [6, 6.07) is 16.0. The summed E-state index contributed by atoms with van der Waals surface area (Å²) in [5.74, 6) is -0.0527. The third kappa shape index (κ3) is 5.26. The highest BCUT2D eigenvalue weighted by Gasteiger charge is 2.20.